The lowest BCUT2D eigenvalue weighted by molar-refractivity contribution is -0.432. The summed E-state index contributed by atoms with van der Waals surface area (Å²) in [6.45, 7) is 1.89. The van der Waals surface area contributed by atoms with Gasteiger partial charge in [0.05, 0.1) is 22.5 Å². The summed E-state index contributed by atoms with van der Waals surface area (Å²) in [5.74, 6) is 0.102. The van der Waals surface area contributed by atoms with Crippen molar-refractivity contribution in [3.05, 3.63) is 78.4 Å². The van der Waals surface area contributed by atoms with Crippen LogP contribution in [0.15, 0.2) is 87.5 Å². The van der Waals surface area contributed by atoms with Gasteiger partial charge in [-0.2, -0.15) is 16.8 Å². The topological polar surface area (TPSA) is 256 Å². The molecular weight excluding hydrogens is 749 g/mol. The van der Waals surface area contributed by atoms with Crippen molar-refractivity contribution >= 4 is 76.4 Å². The summed E-state index contributed by atoms with van der Waals surface area (Å²) in [7, 11) is -9.64. The van der Waals surface area contributed by atoms with Gasteiger partial charge < -0.3 is 9.97 Å². The fraction of sp³-hybridized carbons (Fsp3) is 0.0303. The highest BCUT2D eigenvalue weighted by molar-refractivity contribution is 7.94. The first-order valence-corrected chi connectivity index (χ1v) is 18.9. The number of benzene rings is 4. The average molecular weight is 769 g/mol. The van der Waals surface area contributed by atoms with E-state index in [1.807, 2.05) is 25.1 Å². The highest BCUT2D eigenvalue weighted by Gasteiger charge is 2.29. The molecule has 0 saturated heterocycles. The minimum Gasteiger partial charge on any atom is -0.324 e. The Morgan fingerprint density at radius 1 is 0.585 bits per heavy atom. The van der Waals surface area contributed by atoms with Crippen LogP contribution in [0, 0.1) is 6.92 Å². The van der Waals surface area contributed by atoms with E-state index in [1.54, 1.807) is 24.3 Å². The third kappa shape index (κ3) is 5.35. The van der Waals surface area contributed by atoms with Crippen LogP contribution in [0.25, 0.3) is 89.7 Å². The Hall–Kier alpha value is -5.71. The maximum Gasteiger partial charge on any atom is 0.295 e. The summed E-state index contributed by atoms with van der Waals surface area (Å²) < 4.78 is 76.1. The second-order valence-electron chi connectivity index (χ2n) is 11.8. The molecule has 0 radical (unpaired) electrons. The van der Waals surface area contributed by atoms with Gasteiger partial charge in [-0.25, -0.2) is 35.2 Å². The third-order valence-electron chi connectivity index (χ3n) is 8.74. The molecule has 0 fully saturated rings. The maximum absolute atomic E-state index is 12.7. The van der Waals surface area contributed by atoms with Crippen molar-refractivity contribution in [1.29, 1.82) is 0 Å². The lowest BCUT2D eigenvalue weighted by atomic mass is 10.1. The molecule has 0 atom stereocenters. The summed E-state index contributed by atoms with van der Waals surface area (Å²) in [5, 5.41) is 14.2. The highest BCUT2D eigenvalue weighted by Crippen LogP contribution is 2.43. The normalized spacial score (nSPS) is 12.7. The average Bonchev–Trinajstić information content (AvgIpc) is 3.85. The first kappa shape index (κ1) is 33.1. The number of aromatic nitrogens is 8. The third-order valence-corrected chi connectivity index (χ3v) is 11.2. The number of nitrogens with zero attached hydrogens (tertiary/aromatic N) is 6. The van der Waals surface area contributed by atoms with E-state index in [-0.39, 0.29) is 56.5 Å². The van der Waals surface area contributed by atoms with Gasteiger partial charge in [0.25, 0.3) is 20.2 Å². The van der Waals surface area contributed by atoms with Crippen molar-refractivity contribution < 1.29 is 40.6 Å². The first-order valence-electron chi connectivity index (χ1n) is 15.3. The molecule has 20 heteroatoms. The van der Waals surface area contributed by atoms with E-state index < -0.39 is 30.0 Å². The van der Waals surface area contributed by atoms with Crippen LogP contribution in [0.4, 0.5) is 0 Å². The van der Waals surface area contributed by atoms with E-state index in [9.17, 15) is 25.9 Å². The number of fused-ring (bicyclic) bond motifs is 20. The molecule has 0 amide bonds. The van der Waals surface area contributed by atoms with Gasteiger partial charge in [-0.3, -0.25) is 9.11 Å². The molecule has 0 unspecified atom stereocenters. The first-order chi connectivity index (χ1) is 25.4. The quantitative estimate of drug-likeness (QED) is 0.0573. The van der Waals surface area contributed by atoms with E-state index in [4.69, 9.17) is 29.5 Å². The smallest absolute Gasteiger partial charge is 0.295 e. The molecule has 4 aromatic carbocycles. The summed E-state index contributed by atoms with van der Waals surface area (Å²) >= 11 is 0.686. The van der Waals surface area contributed by atoms with Crippen molar-refractivity contribution in [2.24, 2.45) is 0 Å². The molecule has 5 N–H and O–H groups in total. The Balaban J connectivity index is 1.53. The van der Waals surface area contributed by atoms with Gasteiger partial charge in [0, 0.05) is 38.2 Å². The van der Waals surface area contributed by atoms with Crippen LogP contribution < -0.4 is 0 Å². The van der Waals surface area contributed by atoms with Gasteiger partial charge >= 0.3 is 0 Å². The Labute approximate surface area is 301 Å². The van der Waals surface area contributed by atoms with Gasteiger partial charge in [0.1, 0.15) is 32.4 Å². The van der Waals surface area contributed by atoms with E-state index in [0.717, 1.165) is 5.56 Å². The van der Waals surface area contributed by atoms with Crippen LogP contribution >= 0.6 is 12.0 Å². The SMILES string of the molecule is Cc1cccc2c3nc4nc(nc5[nH]c(nc6nc(nc([nH]3)c12)-c1cccc(S(=O)(=O)O)c1-6)c1cccc(S(=O)(=O)O)c51)-c1cccc(SOOO)c1-4. The summed E-state index contributed by atoms with van der Waals surface area (Å²) in [6.07, 6.45) is 0. The molecule has 0 saturated carbocycles. The molecular formula is C33H20N8O9S3. The maximum atomic E-state index is 12.7. The number of H-pyrrole nitrogens is 2. The minimum absolute atomic E-state index is 0.0126. The summed E-state index contributed by atoms with van der Waals surface area (Å²) in [4.78, 5) is 34.3. The number of hydrogen-bond acceptors (Lipinski definition) is 14. The van der Waals surface area contributed by atoms with Crippen LogP contribution in [0.3, 0.4) is 0 Å². The number of aromatic amines is 2. The predicted octanol–water partition coefficient (Wildman–Crippen LogP) is 6.10. The van der Waals surface area contributed by atoms with E-state index in [1.165, 1.54) is 30.3 Å². The standard InChI is InChI=1S/C33H20N8O9S3/c1-14-6-2-7-15-22(14)30-34-26(15)36-31-23-16(8-3-11-19(23)51-50-49-42)27(37-31)38-32-25-18(10-5-13-21(25)53(46,47)48)29(40-32)41-33-24-17(28(35-30)39-33)9-4-12-20(24)52(43,44)45/h2-13,42H,1H3,(H,43,44,45)(H,46,47,48)(H2,34,35,36,37,38,39,40,41). The van der Waals surface area contributed by atoms with Gasteiger partial charge in [-0.1, -0.05) is 59.6 Å². The molecule has 264 valence electrons. The fourth-order valence-electron chi connectivity index (χ4n) is 6.62. The van der Waals surface area contributed by atoms with Crippen LogP contribution in [0.5, 0.6) is 0 Å². The van der Waals surface area contributed by atoms with Crippen molar-refractivity contribution in [3.63, 3.8) is 0 Å². The highest BCUT2D eigenvalue weighted by atomic mass is 32.2. The molecule has 3 aromatic heterocycles. The zero-order chi connectivity index (χ0) is 36.8. The van der Waals surface area contributed by atoms with Crippen molar-refractivity contribution in [3.8, 4) is 45.6 Å². The van der Waals surface area contributed by atoms with E-state index in [0.29, 0.717) is 50.1 Å². The van der Waals surface area contributed by atoms with E-state index in [2.05, 4.69) is 25.0 Å². The molecule has 7 aromatic rings. The van der Waals surface area contributed by atoms with Gasteiger partial charge in [-0.15, -0.1) is 4.33 Å². The van der Waals surface area contributed by atoms with Crippen LogP contribution in [0.2, 0.25) is 0 Å². The molecule has 0 aliphatic carbocycles. The van der Waals surface area contributed by atoms with Crippen LogP contribution in [-0.4, -0.2) is 71.1 Å². The molecule has 9 rings (SSSR count). The second kappa shape index (κ2) is 11.9. The van der Waals surface area contributed by atoms with E-state index >= 15 is 0 Å². The summed E-state index contributed by atoms with van der Waals surface area (Å²) in [5.41, 5.74) is 2.45. The Morgan fingerprint density at radius 3 is 1.74 bits per heavy atom. The minimum atomic E-state index is -4.83. The van der Waals surface area contributed by atoms with Gasteiger partial charge in [0.15, 0.2) is 23.3 Å². The molecule has 53 heavy (non-hydrogen) atoms. The molecule has 0 spiro atoms. The molecule has 8 bridgehead atoms. The Morgan fingerprint density at radius 2 is 1.09 bits per heavy atom. The fourth-order valence-corrected chi connectivity index (χ4v) is 8.56. The Kier molecular flexibility index (Phi) is 7.45. The number of aryl methyl sites for hydroxylation is 1. The predicted molar refractivity (Wildman–Crippen MR) is 191 cm³/mol. The summed E-state index contributed by atoms with van der Waals surface area (Å²) in [6, 6.07) is 18.9. The zero-order valence-corrected chi connectivity index (χ0v) is 29.1. The molecule has 2 aliphatic heterocycles. The Bertz CT molecular complexity index is 3150. The monoisotopic (exact) mass is 768 g/mol. The zero-order valence-electron chi connectivity index (χ0n) is 26.6. The lowest BCUT2D eigenvalue weighted by Gasteiger charge is -2.04. The van der Waals surface area contributed by atoms with Crippen molar-refractivity contribution in [1.82, 2.24) is 39.9 Å². The van der Waals surface area contributed by atoms with Crippen LogP contribution in [-0.2, 0) is 29.6 Å². The lowest BCUT2D eigenvalue weighted by Crippen LogP contribution is -2.01. The molecule has 5 heterocycles. The number of nitrogens with one attached hydrogen (secondary N) is 2. The largest absolute Gasteiger partial charge is 0.324 e. The second-order valence-corrected chi connectivity index (χ2v) is 15.3. The molecule has 2 aliphatic rings. The van der Waals surface area contributed by atoms with Gasteiger partial charge in [-0.05, 0) is 30.7 Å². The van der Waals surface area contributed by atoms with Gasteiger partial charge in [0.2, 0.25) is 0 Å². The number of hydrogen-bond donors (Lipinski definition) is 5. The van der Waals surface area contributed by atoms with Crippen LogP contribution in [0.1, 0.15) is 5.56 Å². The van der Waals surface area contributed by atoms with Crippen molar-refractivity contribution in [2.75, 3.05) is 0 Å². The van der Waals surface area contributed by atoms with Crippen molar-refractivity contribution in [2.45, 2.75) is 21.6 Å². The number of rotatable bonds is 5. The molecule has 17 nitrogen and oxygen atoms in total.